The third-order valence-corrected chi connectivity index (χ3v) is 7.94. The van der Waals surface area contributed by atoms with Crippen LogP contribution in [0.1, 0.15) is 12.1 Å². The number of fused-ring (bicyclic) bond motifs is 1. The molecule has 2 saturated heterocycles. The van der Waals surface area contributed by atoms with Crippen molar-refractivity contribution in [3.8, 4) is 0 Å². The highest BCUT2D eigenvalue weighted by atomic mass is 32.2. The van der Waals surface area contributed by atoms with Gasteiger partial charge in [-0.25, -0.2) is 9.55 Å². The molecule has 5 rings (SSSR count). The summed E-state index contributed by atoms with van der Waals surface area (Å²) in [5.41, 5.74) is 5.91. The average molecular weight is 544 g/mol. The fourth-order valence-corrected chi connectivity index (χ4v) is 6.04. The number of pyridine rings is 1. The Bertz CT molecular complexity index is 1330. The van der Waals surface area contributed by atoms with Gasteiger partial charge in [0, 0.05) is 41.8 Å². The van der Waals surface area contributed by atoms with E-state index in [4.69, 9.17) is 10.6 Å². The van der Waals surface area contributed by atoms with Crippen LogP contribution >= 0.6 is 23.1 Å². The van der Waals surface area contributed by atoms with Crippen molar-refractivity contribution >= 4 is 57.6 Å². The van der Waals surface area contributed by atoms with Gasteiger partial charge >= 0.3 is 0 Å². The number of nitrogens with zero attached hydrogens (tertiary/aromatic N) is 4. The molecule has 0 aliphatic carbocycles. The molecule has 0 bridgehead atoms. The fraction of sp³-hybridized carbons (Fsp3) is 0.318. The topological polar surface area (TPSA) is 183 Å². The van der Waals surface area contributed by atoms with Crippen molar-refractivity contribution in [2.24, 2.45) is 5.16 Å². The predicted molar refractivity (Wildman–Crippen MR) is 129 cm³/mol. The van der Waals surface area contributed by atoms with Crippen LogP contribution in [0.4, 0.5) is 5.13 Å². The highest BCUT2D eigenvalue weighted by molar-refractivity contribution is 8.00. The number of amides is 3. The molecule has 0 spiro atoms. The summed E-state index contributed by atoms with van der Waals surface area (Å²) in [4.78, 5) is 60.5. The number of aromatic nitrogens is 2. The van der Waals surface area contributed by atoms with Crippen LogP contribution in [0.3, 0.4) is 0 Å². The first-order valence-electron chi connectivity index (χ1n) is 11.2. The second kappa shape index (κ2) is 10.2. The van der Waals surface area contributed by atoms with Gasteiger partial charge in [-0.15, -0.1) is 23.1 Å². The minimum Gasteiger partial charge on any atom is -0.543 e. The number of carboxylic acid groups (broad SMARTS) is 1. The van der Waals surface area contributed by atoms with Gasteiger partial charge in [0.15, 0.2) is 29.8 Å². The van der Waals surface area contributed by atoms with Crippen molar-refractivity contribution in [3.63, 3.8) is 0 Å². The van der Waals surface area contributed by atoms with E-state index in [-0.39, 0.29) is 34.7 Å². The number of aliphatic carboxylic acids is 1. The lowest BCUT2D eigenvalue weighted by atomic mass is 10.0. The third kappa shape index (κ3) is 4.86. The summed E-state index contributed by atoms with van der Waals surface area (Å²) in [5.74, 6) is -2.84. The Labute approximate surface area is 218 Å². The number of rotatable bonds is 8. The van der Waals surface area contributed by atoms with Gasteiger partial charge in [-0.3, -0.25) is 19.3 Å². The molecule has 13 nitrogen and oxygen atoms in total. The molecule has 3 amide bonds. The van der Waals surface area contributed by atoms with Crippen LogP contribution in [-0.2, 0) is 30.6 Å². The SMILES string of the molecule is Nc1nc(/C(=N\OC2CCNC2=O)C(=O)N[C@@H]2C(=O)N3C(C(=O)[O-])=C(C[n+]4ccccc4)CS[C@H]23)cs1. The molecule has 3 atom stereocenters. The Balaban J connectivity index is 1.34. The number of carbonyl (C=O) groups is 4. The van der Waals surface area contributed by atoms with Crippen molar-refractivity contribution in [1.82, 2.24) is 20.5 Å². The number of β-lactam (4-membered cyclic amide) rings is 1. The van der Waals surface area contributed by atoms with E-state index in [1.807, 2.05) is 18.2 Å². The molecule has 2 aromatic heterocycles. The maximum Gasteiger partial charge on any atom is 0.276 e. The maximum atomic E-state index is 13.2. The van der Waals surface area contributed by atoms with E-state index in [0.717, 1.165) is 16.2 Å². The van der Waals surface area contributed by atoms with Gasteiger partial charge in [-0.2, -0.15) is 0 Å². The van der Waals surface area contributed by atoms with Crippen LogP contribution in [0.15, 0.2) is 52.4 Å². The Morgan fingerprint density at radius 2 is 2.11 bits per heavy atom. The minimum atomic E-state index is -1.46. The third-order valence-electron chi connectivity index (χ3n) is 5.93. The van der Waals surface area contributed by atoms with Crippen molar-refractivity contribution in [1.29, 1.82) is 0 Å². The predicted octanol–water partition coefficient (Wildman–Crippen LogP) is -2.27. The quantitative estimate of drug-likeness (QED) is 0.143. The average Bonchev–Trinajstić information content (AvgIpc) is 3.50. The van der Waals surface area contributed by atoms with Crippen molar-refractivity contribution < 1.29 is 33.7 Å². The van der Waals surface area contributed by atoms with Gasteiger partial charge in [0.05, 0.1) is 11.7 Å². The van der Waals surface area contributed by atoms with Gasteiger partial charge in [0.25, 0.3) is 17.7 Å². The first kappa shape index (κ1) is 24.7. The second-order valence-corrected chi connectivity index (χ2v) is 10.3. The van der Waals surface area contributed by atoms with E-state index in [2.05, 4.69) is 20.8 Å². The number of carboxylic acids is 1. The zero-order chi connectivity index (χ0) is 26.1. The van der Waals surface area contributed by atoms with Crippen molar-refractivity contribution in [3.05, 3.63) is 52.9 Å². The van der Waals surface area contributed by atoms with Crippen LogP contribution in [0.5, 0.6) is 0 Å². The molecule has 2 aromatic rings. The minimum absolute atomic E-state index is 0.121. The highest BCUT2D eigenvalue weighted by Crippen LogP contribution is 2.40. The molecular weight excluding hydrogens is 522 g/mol. The number of thioether (sulfide) groups is 1. The van der Waals surface area contributed by atoms with Crippen LogP contribution in [-0.4, -0.2) is 69.1 Å². The monoisotopic (exact) mass is 543 g/mol. The number of hydrogen-bond donors (Lipinski definition) is 3. The second-order valence-electron chi connectivity index (χ2n) is 8.33. The first-order valence-corrected chi connectivity index (χ1v) is 13.1. The lowest BCUT2D eigenvalue weighted by molar-refractivity contribution is -0.689. The molecular formula is C22H21N7O6S2. The van der Waals surface area contributed by atoms with E-state index >= 15 is 0 Å². The largest absolute Gasteiger partial charge is 0.543 e. The Morgan fingerprint density at radius 1 is 1.32 bits per heavy atom. The number of nitrogens with one attached hydrogen (secondary N) is 2. The van der Waals surface area contributed by atoms with Crippen LogP contribution in [0.2, 0.25) is 0 Å². The molecule has 0 aromatic carbocycles. The number of anilines is 1. The van der Waals surface area contributed by atoms with E-state index < -0.39 is 35.3 Å². The molecule has 4 N–H and O–H groups in total. The standard InChI is InChI=1S/C22H21N7O6S2/c23-22-25-12(10-37-22)14(27-35-13-4-5-24-17(13)30)18(31)26-15-19(32)29-16(21(33)34)11(9-36-20(15)29)8-28-6-2-1-3-7-28/h1-3,6-7,10,13,15,20H,4-5,8-9H2,(H4-,23,24,25,26,30,31,33,34)/b27-14+/t13?,15-,20-/m1/s1. The summed E-state index contributed by atoms with van der Waals surface area (Å²) in [6.07, 6.45) is 3.11. The zero-order valence-electron chi connectivity index (χ0n) is 19.2. The molecule has 0 saturated carbocycles. The molecule has 2 fully saturated rings. The van der Waals surface area contributed by atoms with E-state index in [1.54, 1.807) is 17.0 Å². The number of carbonyl (C=O) groups excluding carboxylic acids is 4. The van der Waals surface area contributed by atoms with Gasteiger partial charge in [-0.1, -0.05) is 11.2 Å². The Morgan fingerprint density at radius 3 is 2.76 bits per heavy atom. The number of hydrogen-bond acceptors (Lipinski definition) is 11. The van der Waals surface area contributed by atoms with Gasteiger partial charge in [0.2, 0.25) is 6.10 Å². The number of thiazole rings is 1. The lowest BCUT2D eigenvalue weighted by Gasteiger charge is -2.50. The number of nitrogens with two attached hydrogens (primary N) is 1. The molecule has 37 heavy (non-hydrogen) atoms. The Kier molecular flexibility index (Phi) is 6.80. The summed E-state index contributed by atoms with van der Waals surface area (Å²) in [7, 11) is 0. The lowest BCUT2D eigenvalue weighted by Crippen LogP contribution is -2.71. The molecule has 15 heteroatoms. The van der Waals surface area contributed by atoms with Gasteiger partial charge in [-0.05, 0) is 0 Å². The molecule has 192 valence electrons. The summed E-state index contributed by atoms with van der Waals surface area (Å²) in [5, 5.41) is 22.1. The van der Waals surface area contributed by atoms with Crippen LogP contribution < -0.4 is 26.0 Å². The molecule has 3 aliphatic heterocycles. The summed E-state index contributed by atoms with van der Waals surface area (Å²) >= 11 is 2.41. The zero-order valence-corrected chi connectivity index (χ0v) is 20.8. The smallest absolute Gasteiger partial charge is 0.276 e. The van der Waals surface area contributed by atoms with Gasteiger partial charge in [0.1, 0.15) is 17.1 Å². The molecule has 5 heterocycles. The van der Waals surface area contributed by atoms with Crippen LogP contribution in [0.25, 0.3) is 0 Å². The number of oxime groups is 1. The van der Waals surface area contributed by atoms with Crippen molar-refractivity contribution in [2.45, 2.75) is 30.5 Å². The molecule has 1 unspecified atom stereocenters. The van der Waals surface area contributed by atoms with Gasteiger partial charge < -0.3 is 31.1 Å². The summed E-state index contributed by atoms with van der Waals surface area (Å²) < 4.78 is 1.80. The van der Waals surface area contributed by atoms with E-state index in [0.29, 0.717) is 24.3 Å². The normalized spacial score (nSPS) is 23.3. The van der Waals surface area contributed by atoms with Crippen molar-refractivity contribution in [2.75, 3.05) is 18.0 Å². The number of nitrogen functional groups attached to an aromatic ring is 1. The van der Waals surface area contributed by atoms with E-state index in [9.17, 15) is 24.3 Å². The Hall–Kier alpha value is -3.98. The fourth-order valence-electron chi connectivity index (χ4n) is 4.15. The highest BCUT2D eigenvalue weighted by Gasteiger charge is 2.53. The van der Waals surface area contributed by atoms with E-state index in [1.165, 1.54) is 17.1 Å². The first-order chi connectivity index (χ1) is 17.8. The maximum absolute atomic E-state index is 13.2. The summed E-state index contributed by atoms with van der Waals surface area (Å²) in [6, 6.07) is 4.47. The summed E-state index contributed by atoms with van der Waals surface area (Å²) in [6.45, 7) is 0.702. The molecule has 3 aliphatic rings. The molecule has 0 radical (unpaired) electrons. The van der Waals surface area contributed by atoms with Crippen LogP contribution in [0, 0.1) is 0 Å².